The molecule has 1 amide bonds. The van der Waals surface area contributed by atoms with Crippen LogP contribution in [0.3, 0.4) is 0 Å². The van der Waals surface area contributed by atoms with Crippen LogP contribution in [-0.2, 0) is 4.74 Å². The molecule has 1 heterocycles. The van der Waals surface area contributed by atoms with Crippen molar-refractivity contribution in [2.75, 3.05) is 6.61 Å². The van der Waals surface area contributed by atoms with Gasteiger partial charge >= 0.3 is 6.09 Å². The van der Waals surface area contributed by atoms with Gasteiger partial charge in [-0.2, -0.15) is 0 Å². The van der Waals surface area contributed by atoms with Crippen LogP contribution in [0.15, 0.2) is 24.3 Å². The Hall–Kier alpha value is -2.02. The minimum Gasteiger partial charge on any atom is -0.465 e. The Morgan fingerprint density at radius 3 is 2.60 bits per heavy atom. The van der Waals surface area contributed by atoms with Crippen LogP contribution in [0.2, 0.25) is 0 Å². The van der Waals surface area contributed by atoms with Crippen molar-refractivity contribution in [3.63, 3.8) is 0 Å². The lowest BCUT2D eigenvalue weighted by atomic mass is 9.93. The van der Waals surface area contributed by atoms with Crippen molar-refractivity contribution in [3.8, 4) is 0 Å². The summed E-state index contributed by atoms with van der Waals surface area (Å²) in [6.07, 6.45) is -2.12. The smallest absolute Gasteiger partial charge is 0.404 e. The number of ether oxygens (including phenoxy) is 1. The van der Waals surface area contributed by atoms with Crippen molar-refractivity contribution >= 4 is 6.09 Å². The zero-order chi connectivity index (χ0) is 14.9. The maximum atomic E-state index is 13.7. The molecule has 4 nitrogen and oxygen atoms in total. The number of halogens is 3. The fourth-order valence-electron chi connectivity index (χ4n) is 2.15. The van der Waals surface area contributed by atoms with Crippen molar-refractivity contribution in [2.24, 2.45) is 0 Å². The highest BCUT2D eigenvalue weighted by molar-refractivity contribution is 5.65. The molecule has 1 aromatic rings. The Morgan fingerprint density at radius 1 is 1.30 bits per heavy atom. The largest absolute Gasteiger partial charge is 0.465 e. The second-order valence-electron chi connectivity index (χ2n) is 4.53. The zero-order valence-electron chi connectivity index (χ0n) is 10.3. The van der Waals surface area contributed by atoms with E-state index in [1.807, 2.05) is 0 Å². The molecule has 7 heteroatoms. The molecule has 0 spiro atoms. The van der Waals surface area contributed by atoms with Crippen molar-refractivity contribution in [1.29, 1.82) is 0 Å². The van der Waals surface area contributed by atoms with E-state index in [1.165, 1.54) is 0 Å². The Kier molecular flexibility index (Phi) is 3.99. The first-order chi connectivity index (χ1) is 9.38. The van der Waals surface area contributed by atoms with Gasteiger partial charge in [-0.3, -0.25) is 0 Å². The minimum absolute atomic E-state index is 0.0981. The number of carbonyl (C=O) groups is 1. The third-order valence-electron chi connectivity index (χ3n) is 3.00. The van der Waals surface area contributed by atoms with E-state index in [0.29, 0.717) is 17.7 Å². The van der Waals surface area contributed by atoms with E-state index < -0.39 is 35.7 Å². The van der Waals surface area contributed by atoms with Gasteiger partial charge in [-0.25, -0.2) is 18.0 Å². The molecule has 1 fully saturated rings. The van der Waals surface area contributed by atoms with Crippen molar-refractivity contribution < 1.29 is 27.8 Å². The van der Waals surface area contributed by atoms with Gasteiger partial charge in [0.25, 0.3) is 0 Å². The molecule has 0 bridgehead atoms. The molecule has 1 aromatic carbocycles. The first-order valence-electron chi connectivity index (χ1n) is 5.80. The van der Waals surface area contributed by atoms with Crippen LogP contribution >= 0.6 is 0 Å². The molecule has 2 unspecified atom stereocenters. The van der Waals surface area contributed by atoms with Crippen LogP contribution < -0.4 is 5.32 Å². The molecule has 108 valence electrons. The normalized spacial score (nSPS) is 22.6. The second kappa shape index (κ2) is 5.54. The topological polar surface area (TPSA) is 58.6 Å². The summed E-state index contributed by atoms with van der Waals surface area (Å²) in [7, 11) is 0. The van der Waals surface area contributed by atoms with Crippen LogP contribution in [0.25, 0.3) is 0 Å². The molecule has 0 aromatic heterocycles. The number of rotatable bonds is 2. The van der Waals surface area contributed by atoms with Gasteiger partial charge in [0, 0.05) is 11.6 Å². The van der Waals surface area contributed by atoms with Crippen LogP contribution in [0.5, 0.6) is 0 Å². The van der Waals surface area contributed by atoms with Gasteiger partial charge < -0.3 is 15.2 Å². The fourth-order valence-corrected chi connectivity index (χ4v) is 2.15. The quantitative estimate of drug-likeness (QED) is 0.649. The van der Waals surface area contributed by atoms with Crippen LogP contribution in [0.4, 0.5) is 18.0 Å². The highest BCUT2D eigenvalue weighted by Crippen LogP contribution is 2.32. The molecule has 2 N–H and O–H groups in total. The first kappa shape index (κ1) is 14.4. The van der Waals surface area contributed by atoms with E-state index in [0.717, 1.165) is 0 Å². The molecule has 1 saturated heterocycles. The Bertz CT molecular complexity index is 560. The molecule has 20 heavy (non-hydrogen) atoms. The predicted molar refractivity (Wildman–Crippen MR) is 63.7 cm³/mol. The number of nitrogens with one attached hydrogen (secondary N) is 1. The lowest BCUT2D eigenvalue weighted by Gasteiger charge is -2.33. The van der Waals surface area contributed by atoms with Gasteiger partial charge in [0.05, 0.1) is 12.6 Å². The summed E-state index contributed by atoms with van der Waals surface area (Å²) in [6.45, 7) is 3.77. The van der Waals surface area contributed by atoms with E-state index in [4.69, 9.17) is 9.84 Å². The summed E-state index contributed by atoms with van der Waals surface area (Å²) in [5, 5.41) is 10.9. The summed E-state index contributed by atoms with van der Waals surface area (Å²) in [6, 6.07) is 0.281. The third kappa shape index (κ3) is 2.93. The van der Waals surface area contributed by atoms with Crippen molar-refractivity contribution in [1.82, 2.24) is 5.32 Å². The summed E-state index contributed by atoms with van der Waals surface area (Å²) >= 11 is 0. The summed E-state index contributed by atoms with van der Waals surface area (Å²) < 4.78 is 45.2. The summed E-state index contributed by atoms with van der Waals surface area (Å²) in [5.41, 5.74) is 0.401. The minimum atomic E-state index is -1.32. The van der Waals surface area contributed by atoms with E-state index >= 15 is 0 Å². The third-order valence-corrected chi connectivity index (χ3v) is 3.00. The number of benzene rings is 1. The molecule has 2 rings (SSSR count). The van der Waals surface area contributed by atoms with E-state index in [1.54, 1.807) is 0 Å². The molecule has 2 atom stereocenters. The van der Waals surface area contributed by atoms with E-state index in [2.05, 4.69) is 11.9 Å². The molecular weight excluding hydrogens is 275 g/mol. The molecule has 1 aliphatic heterocycles. The van der Waals surface area contributed by atoms with E-state index in [-0.39, 0.29) is 18.6 Å². The highest BCUT2D eigenvalue weighted by atomic mass is 19.2. The van der Waals surface area contributed by atoms with E-state index in [9.17, 15) is 18.0 Å². The molecule has 0 radical (unpaired) electrons. The maximum Gasteiger partial charge on any atom is 0.404 e. The lowest BCUT2D eigenvalue weighted by molar-refractivity contribution is 0.0141. The maximum absolute atomic E-state index is 13.7. The average Bonchev–Trinajstić information content (AvgIpc) is 2.34. The molecule has 1 aliphatic rings. The number of carboxylic acid groups (broad SMARTS) is 1. The average molecular weight is 287 g/mol. The summed E-state index contributed by atoms with van der Waals surface area (Å²) in [4.78, 5) is 10.7. The molecular formula is C13H12F3NO3. The van der Waals surface area contributed by atoms with Crippen LogP contribution in [-0.4, -0.2) is 23.8 Å². The van der Waals surface area contributed by atoms with Gasteiger partial charge in [0.2, 0.25) is 0 Å². The standard InChI is InChI=1S/C13H12F3NO3/c1-6-2-11(17-13(18)19)12(20-5-6)7-3-9(15)10(16)4-8(7)14/h3-4,11-12,17H,1-2,5H2,(H,18,19). The van der Waals surface area contributed by atoms with Crippen molar-refractivity contribution in [3.05, 3.63) is 47.3 Å². The SMILES string of the molecule is C=C1COC(c2cc(F)c(F)cc2F)C(NC(=O)O)C1. The number of hydrogen-bond donors (Lipinski definition) is 2. The number of hydrogen-bond acceptors (Lipinski definition) is 2. The first-order valence-corrected chi connectivity index (χ1v) is 5.80. The Labute approximate surface area is 112 Å². The van der Waals surface area contributed by atoms with Gasteiger partial charge in [0.15, 0.2) is 11.6 Å². The van der Waals surface area contributed by atoms with Gasteiger partial charge in [0.1, 0.15) is 11.9 Å². The Morgan fingerprint density at radius 2 is 1.95 bits per heavy atom. The summed E-state index contributed by atoms with van der Waals surface area (Å²) in [5.74, 6) is -3.52. The zero-order valence-corrected chi connectivity index (χ0v) is 10.3. The number of amides is 1. The molecule has 0 aliphatic carbocycles. The van der Waals surface area contributed by atoms with Crippen LogP contribution in [0.1, 0.15) is 18.1 Å². The van der Waals surface area contributed by atoms with Crippen molar-refractivity contribution in [2.45, 2.75) is 18.6 Å². The fraction of sp³-hybridized carbons (Fsp3) is 0.308. The monoisotopic (exact) mass is 287 g/mol. The second-order valence-corrected chi connectivity index (χ2v) is 4.53. The van der Waals surface area contributed by atoms with Crippen LogP contribution in [0, 0.1) is 17.5 Å². The van der Waals surface area contributed by atoms with Gasteiger partial charge in [-0.05, 0) is 18.1 Å². The predicted octanol–water partition coefficient (Wildman–Crippen LogP) is 2.76. The van der Waals surface area contributed by atoms with Gasteiger partial charge in [-0.15, -0.1) is 0 Å². The van der Waals surface area contributed by atoms with Gasteiger partial charge in [-0.1, -0.05) is 6.58 Å². The highest BCUT2D eigenvalue weighted by Gasteiger charge is 2.33. The molecule has 0 saturated carbocycles. The Balaban J connectivity index is 2.35. The lowest BCUT2D eigenvalue weighted by Crippen LogP contribution is -2.43.